The van der Waals surface area contributed by atoms with Crippen LogP contribution in [0.3, 0.4) is 0 Å². The van der Waals surface area contributed by atoms with E-state index in [9.17, 15) is 9.59 Å². The van der Waals surface area contributed by atoms with Crippen molar-refractivity contribution in [3.05, 3.63) is 27.5 Å². The van der Waals surface area contributed by atoms with Crippen LogP contribution in [0.25, 0.3) is 6.08 Å². The van der Waals surface area contributed by atoms with E-state index in [2.05, 4.69) is 0 Å². The number of carbonyl (C=O) groups excluding carboxylic acids is 1. The van der Waals surface area contributed by atoms with Crippen molar-refractivity contribution in [3.8, 4) is 0 Å². The lowest BCUT2D eigenvalue weighted by molar-refractivity contribution is -0.149. The van der Waals surface area contributed by atoms with Gasteiger partial charge in [-0.15, -0.1) is 11.3 Å². The zero-order valence-electron chi connectivity index (χ0n) is 10.8. The number of carboxylic acids is 1. The van der Waals surface area contributed by atoms with E-state index < -0.39 is 17.5 Å². The van der Waals surface area contributed by atoms with Gasteiger partial charge in [0.1, 0.15) is 10.5 Å². The summed E-state index contributed by atoms with van der Waals surface area (Å²) in [6.07, 6.45) is 1.63. The number of esters is 1. The quantitative estimate of drug-likeness (QED) is 0.675. The highest BCUT2D eigenvalue weighted by atomic mass is 32.1. The van der Waals surface area contributed by atoms with Crippen LogP contribution in [0.1, 0.15) is 42.2 Å². The van der Waals surface area contributed by atoms with E-state index in [1.165, 1.54) is 6.07 Å². The summed E-state index contributed by atoms with van der Waals surface area (Å²) in [6, 6.07) is 3.18. The van der Waals surface area contributed by atoms with Gasteiger partial charge in [0.2, 0.25) is 0 Å². The Bertz CT molecular complexity index is 491. The molecule has 4 nitrogen and oxygen atoms in total. The van der Waals surface area contributed by atoms with Gasteiger partial charge in [0.25, 0.3) is 0 Å². The highest BCUT2D eigenvalue weighted by Gasteiger charge is 2.17. The lowest BCUT2D eigenvalue weighted by Crippen LogP contribution is -2.24. The van der Waals surface area contributed by atoms with Crippen LogP contribution in [0.15, 0.2) is 17.7 Å². The first-order chi connectivity index (χ1) is 8.19. The van der Waals surface area contributed by atoms with Crippen molar-refractivity contribution in [2.24, 2.45) is 0 Å². The van der Waals surface area contributed by atoms with Crippen LogP contribution in [0, 0.1) is 0 Å². The lowest BCUT2D eigenvalue weighted by Gasteiger charge is -2.19. The summed E-state index contributed by atoms with van der Waals surface area (Å²) in [5.74, 6) is -1.36. The van der Waals surface area contributed by atoms with Crippen LogP contribution in [-0.2, 0) is 9.53 Å². The molecule has 0 aliphatic rings. The lowest BCUT2D eigenvalue weighted by atomic mass is 10.2. The maximum atomic E-state index is 11.7. The zero-order chi connectivity index (χ0) is 13.9. The molecule has 0 unspecified atom stereocenters. The van der Waals surface area contributed by atoms with E-state index in [1.54, 1.807) is 39.8 Å². The van der Waals surface area contributed by atoms with E-state index in [0.717, 1.165) is 16.2 Å². The molecule has 0 aromatic carbocycles. The molecule has 1 aromatic heterocycles. The Kier molecular flexibility index (Phi) is 4.29. The second-order valence-electron chi connectivity index (χ2n) is 4.84. The van der Waals surface area contributed by atoms with Gasteiger partial charge in [0, 0.05) is 10.5 Å². The molecule has 98 valence electrons. The summed E-state index contributed by atoms with van der Waals surface area (Å²) in [6.45, 7) is 7.04. The summed E-state index contributed by atoms with van der Waals surface area (Å²) in [5, 5.41) is 8.79. The molecule has 0 fully saturated rings. The Hall–Kier alpha value is -1.62. The van der Waals surface area contributed by atoms with Gasteiger partial charge in [0.05, 0.1) is 0 Å². The Morgan fingerprint density at radius 1 is 1.33 bits per heavy atom. The average molecular weight is 268 g/mol. The molecule has 1 rings (SSSR count). The maximum Gasteiger partial charge on any atom is 0.345 e. The number of rotatable bonds is 3. The van der Waals surface area contributed by atoms with Crippen molar-refractivity contribution < 1.29 is 19.4 Å². The fourth-order valence-electron chi connectivity index (χ4n) is 1.18. The number of carbonyl (C=O) groups is 2. The zero-order valence-corrected chi connectivity index (χ0v) is 11.6. The first kappa shape index (κ1) is 14.4. The van der Waals surface area contributed by atoms with Crippen molar-refractivity contribution >= 4 is 29.4 Å². The highest BCUT2D eigenvalue weighted by Crippen LogP contribution is 2.20. The van der Waals surface area contributed by atoms with E-state index >= 15 is 0 Å². The van der Waals surface area contributed by atoms with Gasteiger partial charge in [-0.3, -0.25) is 0 Å². The molecule has 0 aliphatic carbocycles. The Morgan fingerprint density at radius 2 is 1.94 bits per heavy atom. The van der Waals surface area contributed by atoms with E-state index in [0.29, 0.717) is 5.57 Å². The van der Waals surface area contributed by atoms with Crippen LogP contribution in [-0.4, -0.2) is 22.6 Å². The monoisotopic (exact) mass is 268 g/mol. The van der Waals surface area contributed by atoms with Crippen molar-refractivity contribution in [1.29, 1.82) is 0 Å². The first-order valence-electron chi connectivity index (χ1n) is 5.44. The van der Waals surface area contributed by atoms with Gasteiger partial charge in [-0.1, -0.05) is 0 Å². The van der Waals surface area contributed by atoms with Crippen molar-refractivity contribution in [2.75, 3.05) is 0 Å². The number of carboxylic acid groups (broad SMARTS) is 1. The number of hydrogen-bond acceptors (Lipinski definition) is 4. The summed E-state index contributed by atoms with van der Waals surface area (Å²) in [5.41, 5.74) is -0.0860. The molecule has 0 radical (unpaired) electrons. The molecule has 1 heterocycles. The topological polar surface area (TPSA) is 63.6 Å². The van der Waals surface area contributed by atoms with Crippen molar-refractivity contribution in [3.63, 3.8) is 0 Å². The molecular weight excluding hydrogens is 252 g/mol. The molecule has 1 N–H and O–H groups in total. The number of aromatic carboxylic acids is 1. The van der Waals surface area contributed by atoms with Crippen LogP contribution in [0.2, 0.25) is 0 Å². The van der Waals surface area contributed by atoms with Crippen LogP contribution in [0.4, 0.5) is 0 Å². The van der Waals surface area contributed by atoms with Gasteiger partial charge in [0.15, 0.2) is 0 Å². The molecule has 0 saturated heterocycles. The minimum Gasteiger partial charge on any atom is -0.477 e. The maximum absolute atomic E-state index is 11.7. The SMILES string of the molecule is CC(=Cc1ccc(C(=O)O)s1)C(=O)OC(C)(C)C. The molecule has 0 saturated carbocycles. The molecule has 5 heteroatoms. The molecule has 18 heavy (non-hydrogen) atoms. The fourth-order valence-corrected chi connectivity index (χ4v) is 2.03. The second-order valence-corrected chi connectivity index (χ2v) is 5.95. The molecule has 0 atom stereocenters. The van der Waals surface area contributed by atoms with Crippen molar-refractivity contribution in [2.45, 2.75) is 33.3 Å². The minimum absolute atomic E-state index is 0.248. The predicted molar refractivity (Wildman–Crippen MR) is 70.8 cm³/mol. The summed E-state index contributed by atoms with van der Waals surface area (Å²) in [7, 11) is 0. The largest absolute Gasteiger partial charge is 0.477 e. The molecule has 0 aliphatic heterocycles. The third-order valence-electron chi connectivity index (χ3n) is 1.92. The Morgan fingerprint density at radius 3 is 2.39 bits per heavy atom. The van der Waals surface area contributed by atoms with E-state index in [1.807, 2.05) is 0 Å². The van der Waals surface area contributed by atoms with Gasteiger partial charge >= 0.3 is 11.9 Å². The third-order valence-corrected chi connectivity index (χ3v) is 2.94. The standard InChI is InChI=1S/C13H16O4S/c1-8(12(16)17-13(2,3)4)7-9-5-6-10(18-9)11(14)15/h5-7H,1-4H3,(H,14,15). The number of ether oxygens (including phenoxy) is 1. The minimum atomic E-state index is -0.963. The molecule has 0 amide bonds. The number of thiophene rings is 1. The van der Waals surface area contributed by atoms with E-state index in [-0.39, 0.29) is 4.88 Å². The summed E-state index contributed by atoms with van der Waals surface area (Å²) < 4.78 is 5.21. The van der Waals surface area contributed by atoms with Crippen molar-refractivity contribution in [1.82, 2.24) is 0 Å². The fraction of sp³-hybridized carbons (Fsp3) is 0.385. The molecule has 0 spiro atoms. The third kappa shape index (κ3) is 4.33. The van der Waals surface area contributed by atoms with Crippen LogP contribution in [0.5, 0.6) is 0 Å². The van der Waals surface area contributed by atoms with Gasteiger partial charge in [-0.2, -0.15) is 0 Å². The average Bonchev–Trinajstić information content (AvgIpc) is 2.63. The van der Waals surface area contributed by atoms with Crippen LogP contribution >= 0.6 is 11.3 Å². The second kappa shape index (κ2) is 5.35. The van der Waals surface area contributed by atoms with Crippen LogP contribution < -0.4 is 0 Å². The van der Waals surface area contributed by atoms with Gasteiger partial charge in [-0.25, -0.2) is 9.59 Å². The normalized spacial score (nSPS) is 12.3. The number of hydrogen-bond donors (Lipinski definition) is 1. The molecule has 0 bridgehead atoms. The highest BCUT2D eigenvalue weighted by molar-refractivity contribution is 7.14. The Balaban J connectivity index is 2.82. The first-order valence-corrected chi connectivity index (χ1v) is 6.25. The van der Waals surface area contributed by atoms with Gasteiger partial charge < -0.3 is 9.84 Å². The van der Waals surface area contributed by atoms with E-state index in [4.69, 9.17) is 9.84 Å². The molecular formula is C13H16O4S. The summed E-state index contributed by atoms with van der Waals surface area (Å²) in [4.78, 5) is 23.4. The van der Waals surface area contributed by atoms with Gasteiger partial charge in [-0.05, 0) is 45.9 Å². The summed E-state index contributed by atoms with van der Waals surface area (Å²) >= 11 is 1.12. The molecule has 1 aromatic rings. The smallest absolute Gasteiger partial charge is 0.345 e. The Labute approximate surface area is 110 Å². The predicted octanol–water partition coefficient (Wildman–Crippen LogP) is 3.19.